The van der Waals surface area contributed by atoms with E-state index >= 15 is 0 Å². The van der Waals surface area contributed by atoms with Crippen molar-refractivity contribution in [3.8, 4) is 0 Å². The van der Waals surface area contributed by atoms with Gasteiger partial charge >= 0.3 is 18.1 Å². The van der Waals surface area contributed by atoms with Crippen LogP contribution in [0.15, 0.2) is 54.6 Å². The van der Waals surface area contributed by atoms with Crippen LogP contribution < -0.4 is 10.6 Å². The lowest BCUT2D eigenvalue weighted by Crippen LogP contribution is -2.33. The van der Waals surface area contributed by atoms with Gasteiger partial charge in [0.05, 0.1) is 5.56 Å². The predicted molar refractivity (Wildman–Crippen MR) is 103 cm³/mol. The summed E-state index contributed by atoms with van der Waals surface area (Å²) >= 11 is 0. The van der Waals surface area contributed by atoms with E-state index < -0.39 is 35.5 Å². The Bertz CT molecular complexity index is 1060. The zero-order valence-electron chi connectivity index (χ0n) is 16.5. The van der Waals surface area contributed by atoms with Gasteiger partial charge in [-0.3, -0.25) is 9.59 Å². The summed E-state index contributed by atoms with van der Waals surface area (Å²) in [7, 11) is 0. The molecule has 176 valence electrons. The first-order valence-corrected chi connectivity index (χ1v) is 9.23. The molecule has 1 unspecified atom stereocenters. The number of hydrogen-bond acceptors (Lipinski definition) is 6. The fraction of sp³-hybridized carbons (Fsp3) is 0.250. The number of nitrogens with zero attached hydrogens (tertiary/aromatic N) is 1. The van der Waals surface area contributed by atoms with Crippen LogP contribution in [-0.2, 0) is 20.2 Å². The summed E-state index contributed by atoms with van der Waals surface area (Å²) in [6.07, 6.45) is -3.25. The summed E-state index contributed by atoms with van der Waals surface area (Å²) in [6.45, 7) is -0.326. The van der Waals surface area contributed by atoms with Crippen LogP contribution >= 0.6 is 0 Å². The number of amides is 1. The average Bonchev–Trinajstić information content (AvgIpc) is 3.28. The van der Waals surface area contributed by atoms with Gasteiger partial charge in [-0.05, 0) is 24.3 Å². The Morgan fingerprint density at radius 2 is 1.82 bits per heavy atom. The molecule has 0 spiro atoms. The Balaban J connectivity index is 1.72. The number of benzene rings is 1. The molecule has 3 N–H and O–H groups in total. The molecule has 13 heteroatoms. The molecule has 1 aromatic carbocycles. The maximum Gasteiger partial charge on any atom is 0.458 e. The maximum atomic E-state index is 13.4. The van der Waals surface area contributed by atoms with Crippen molar-refractivity contribution in [1.82, 2.24) is 4.98 Å². The third kappa shape index (κ3) is 5.30. The quantitative estimate of drug-likeness (QED) is 0.498. The number of carboxylic acid groups (broad SMARTS) is 1. The second kappa shape index (κ2) is 9.30. The van der Waals surface area contributed by atoms with Gasteiger partial charge in [-0.25, -0.2) is 4.98 Å². The monoisotopic (exact) mass is 473 g/mol. The molecule has 2 heterocycles. The number of nitrogens with one attached hydrogen (secondary N) is 2. The number of hydrogen-bond donors (Lipinski definition) is 3. The largest absolute Gasteiger partial charge is 0.481 e. The standard InChI is InChI=1S/C20H16F5N3O5/c21-19(22,20(23,24)25)11-3-5-12(6-4-11)28-17(29)13-2-1-7-26-16(13)27-8-14(18(30)31)15-9-32-10-33-15/h1-7,9,14H,8,10H2,(H,26,27)(H,28,29)(H,30,31). The first-order valence-electron chi connectivity index (χ1n) is 9.23. The number of ether oxygens (including phenoxy) is 2. The minimum absolute atomic E-state index is 0.0148. The van der Waals surface area contributed by atoms with Crippen LogP contribution in [0.3, 0.4) is 0 Å². The molecule has 3 rings (SSSR count). The molecule has 33 heavy (non-hydrogen) atoms. The third-order valence-electron chi connectivity index (χ3n) is 4.52. The van der Waals surface area contributed by atoms with E-state index in [1.165, 1.54) is 24.6 Å². The lowest BCUT2D eigenvalue weighted by Gasteiger charge is -2.20. The smallest absolute Gasteiger partial charge is 0.458 e. The summed E-state index contributed by atoms with van der Waals surface area (Å²) in [6, 6.07) is 5.71. The molecular weight excluding hydrogens is 457 g/mol. The number of pyridine rings is 1. The van der Waals surface area contributed by atoms with Crippen LogP contribution in [0.5, 0.6) is 0 Å². The summed E-state index contributed by atoms with van der Waals surface area (Å²) in [5.41, 5.74) is -1.34. The van der Waals surface area contributed by atoms with Gasteiger partial charge in [0, 0.05) is 24.0 Å². The fourth-order valence-electron chi connectivity index (χ4n) is 2.80. The fourth-order valence-corrected chi connectivity index (χ4v) is 2.80. The van der Waals surface area contributed by atoms with Gasteiger partial charge < -0.3 is 25.2 Å². The number of anilines is 2. The average molecular weight is 473 g/mol. The topological polar surface area (TPSA) is 110 Å². The number of alkyl halides is 5. The maximum absolute atomic E-state index is 13.4. The van der Waals surface area contributed by atoms with Crippen LogP contribution in [0.4, 0.5) is 33.5 Å². The molecule has 1 aliphatic rings. The summed E-state index contributed by atoms with van der Waals surface area (Å²) in [4.78, 5) is 28.1. The number of aromatic nitrogens is 1. The molecule has 8 nitrogen and oxygen atoms in total. The number of aliphatic carboxylic acids is 1. The van der Waals surface area contributed by atoms with Gasteiger partial charge in [-0.2, -0.15) is 22.0 Å². The van der Waals surface area contributed by atoms with Crippen molar-refractivity contribution in [2.45, 2.75) is 12.1 Å². The molecule has 0 saturated heterocycles. The van der Waals surface area contributed by atoms with Crippen molar-refractivity contribution >= 4 is 23.4 Å². The lowest BCUT2D eigenvalue weighted by atomic mass is 10.1. The minimum Gasteiger partial charge on any atom is -0.481 e. The molecule has 0 saturated carbocycles. The molecule has 1 amide bonds. The van der Waals surface area contributed by atoms with Gasteiger partial charge in [0.2, 0.25) is 6.79 Å². The Hall–Kier alpha value is -3.90. The van der Waals surface area contributed by atoms with E-state index in [-0.39, 0.29) is 36.2 Å². The van der Waals surface area contributed by atoms with Crippen LogP contribution in [0, 0.1) is 5.92 Å². The van der Waals surface area contributed by atoms with Gasteiger partial charge in [-0.15, -0.1) is 0 Å². The van der Waals surface area contributed by atoms with E-state index in [9.17, 15) is 36.6 Å². The number of carboxylic acids is 1. The van der Waals surface area contributed by atoms with E-state index in [0.29, 0.717) is 12.1 Å². The number of carbonyl (C=O) groups excluding carboxylic acids is 1. The SMILES string of the molecule is O=C(Nc1ccc(C(F)(F)C(F)(F)F)cc1)c1cccnc1NCC(C(=O)O)C1=COCO1. The van der Waals surface area contributed by atoms with Crippen LogP contribution in [0.25, 0.3) is 0 Å². The zero-order valence-corrected chi connectivity index (χ0v) is 16.5. The molecule has 0 aliphatic carbocycles. The molecule has 2 aromatic rings. The molecule has 1 aromatic heterocycles. The van der Waals surface area contributed by atoms with E-state index in [1.807, 2.05) is 0 Å². The highest BCUT2D eigenvalue weighted by Crippen LogP contribution is 2.43. The van der Waals surface area contributed by atoms with E-state index in [1.54, 1.807) is 0 Å². The lowest BCUT2D eigenvalue weighted by molar-refractivity contribution is -0.289. The summed E-state index contributed by atoms with van der Waals surface area (Å²) in [5, 5.41) is 14.5. The zero-order chi connectivity index (χ0) is 24.2. The van der Waals surface area contributed by atoms with Gasteiger partial charge in [0.25, 0.3) is 5.91 Å². The molecule has 0 radical (unpaired) electrons. The van der Waals surface area contributed by atoms with Crippen molar-refractivity contribution in [3.63, 3.8) is 0 Å². The Morgan fingerprint density at radius 1 is 1.12 bits per heavy atom. The first kappa shape index (κ1) is 23.8. The van der Waals surface area contributed by atoms with Crippen molar-refractivity contribution in [1.29, 1.82) is 0 Å². The van der Waals surface area contributed by atoms with Crippen molar-refractivity contribution in [2.75, 3.05) is 24.0 Å². The van der Waals surface area contributed by atoms with E-state index in [0.717, 1.165) is 12.1 Å². The molecule has 0 bridgehead atoms. The third-order valence-corrected chi connectivity index (χ3v) is 4.52. The van der Waals surface area contributed by atoms with Crippen molar-refractivity contribution < 1.29 is 46.1 Å². The first-order chi connectivity index (χ1) is 15.5. The van der Waals surface area contributed by atoms with Crippen molar-refractivity contribution in [3.05, 3.63) is 65.7 Å². The summed E-state index contributed by atoms with van der Waals surface area (Å²) in [5.74, 6) is -8.05. The van der Waals surface area contributed by atoms with Gasteiger partial charge in [0.1, 0.15) is 18.0 Å². The second-order valence-electron chi connectivity index (χ2n) is 6.72. The molecule has 1 atom stereocenters. The molecule has 0 fully saturated rings. The normalized spacial score (nSPS) is 14.5. The Morgan fingerprint density at radius 3 is 2.39 bits per heavy atom. The number of halogens is 5. The molecule has 1 aliphatic heterocycles. The van der Waals surface area contributed by atoms with E-state index in [4.69, 9.17) is 9.47 Å². The predicted octanol–water partition coefficient (Wildman–Crippen LogP) is 3.95. The van der Waals surface area contributed by atoms with Crippen molar-refractivity contribution in [2.24, 2.45) is 5.92 Å². The highest BCUT2D eigenvalue weighted by molar-refractivity contribution is 6.07. The van der Waals surface area contributed by atoms with Crippen LogP contribution in [-0.4, -0.2) is 41.5 Å². The Kier molecular flexibility index (Phi) is 6.70. The van der Waals surface area contributed by atoms with Crippen LogP contribution in [0.2, 0.25) is 0 Å². The highest BCUT2D eigenvalue weighted by Gasteiger charge is 2.58. The number of rotatable bonds is 8. The number of carbonyl (C=O) groups is 2. The van der Waals surface area contributed by atoms with E-state index in [2.05, 4.69) is 15.6 Å². The highest BCUT2D eigenvalue weighted by atomic mass is 19.4. The minimum atomic E-state index is -5.76. The van der Waals surface area contributed by atoms with Gasteiger partial charge in [-0.1, -0.05) is 12.1 Å². The Labute approximate surface area is 183 Å². The van der Waals surface area contributed by atoms with Crippen LogP contribution in [0.1, 0.15) is 15.9 Å². The summed E-state index contributed by atoms with van der Waals surface area (Å²) < 4.78 is 74.2. The van der Waals surface area contributed by atoms with Gasteiger partial charge in [0.15, 0.2) is 5.76 Å². The second-order valence-corrected chi connectivity index (χ2v) is 6.72. The molecular formula is C20H16F5N3O5.